The molecule has 2 aromatic rings. The first-order valence-corrected chi connectivity index (χ1v) is 8.84. The lowest BCUT2D eigenvalue weighted by atomic mass is 9.90. The van der Waals surface area contributed by atoms with Gasteiger partial charge in [-0.25, -0.2) is 4.79 Å². The van der Waals surface area contributed by atoms with Gasteiger partial charge in [0.1, 0.15) is 6.54 Å². The molecule has 0 bridgehead atoms. The molecule has 1 fully saturated rings. The van der Waals surface area contributed by atoms with Gasteiger partial charge in [-0.2, -0.15) is 0 Å². The van der Waals surface area contributed by atoms with Gasteiger partial charge in [0, 0.05) is 8.95 Å². The topological polar surface area (TPSA) is 69.6 Å². The van der Waals surface area contributed by atoms with Crippen molar-refractivity contribution in [3.8, 4) is 0 Å². The maximum absolute atomic E-state index is 12.0. The third-order valence-electron chi connectivity index (χ3n) is 3.97. The first-order valence-electron chi connectivity index (χ1n) is 7.25. The second-order valence-electron chi connectivity index (χ2n) is 5.50. The van der Waals surface area contributed by atoms with Crippen LogP contribution in [0, 0.1) is 0 Å². The van der Waals surface area contributed by atoms with Crippen LogP contribution < -0.4 is 5.32 Å². The van der Waals surface area contributed by atoms with E-state index < -0.39 is 18.2 Å². The molecule has 24 heavy (non-hydrogen) atoms. The molecule has 1 saturated heterocycles. The van der Waals surface area contributed by atoms with Crippen molar-refractivity contribution in [3.05, 3.63) is 68.6 Å². The molecule has 2 aromatic carbocycles. The Balaban J connectivity index is 2.07. The largest absolute Gasteiger partial charge is 0.465 e. The molecule has 0 saturated carbocycles. The molecule has 2 amide bonds. The van der Waals surface area contributed by atoms with E-state index in [0.29, 0.717) is 0 Å². The lowest BCUT2D eigenvalue weighted by molar-refractivity contribution is -0.126. The molecule has 3 rings (SSSR count). The number of hydrogen-bond acceptors (Lipinski definition) is 2. The van der Waals surface area contributed by atoms with Crippen molar-refractivity contribution in [2.75, 3.05) is 6.54 Å². The highest BCUT2D eigenvalue weighted by Crippen LogP contribution is 2.37. The van der Waals surface area contributed by atoms with Crippen LogP contribution in [-0.2, 0) is 4.79 Å². The number of hydrogen-bond donors (Lipinski definition) is 2. The van der Waals surface area contributed by atoms with Crippen LogP contribution >= 0.6 is 31.9 Å². The number of halogens is 2. The molecule has 1 aliphatic rings. The monoisotopic (exact) mass is 452 g/mol. The van der Waals surface area contributed by atoms with Gasteiger partial charge in [-0.05, 0) is 35.4 Å². The number of nitrogens with one attached hydrogen (secondary N) is 1. The quantitative estimate of drug-likeness (QED) is 0.718. The zero-order chi connectivity index (χ0) is 17.3. The van der Waals surface area contributed by atoms with E-state index in [1.807, 2.05) is 48.5 Å². The molecule has 2 N–H and O–H groups in total. The highest BCUT2D eigenvalue weighted by molar-refractivity contribution is 9.10. The lowest BCUT2D eigenvalue weighted by Gasteiger charge is -2.40. The van der Waals surface area contributed by atoms with Crippen LogP contribution in [0.4, 0.5) is 4.79 Å². The number of nitrogens with zero attached hydrogens (tertiary/aromatic N) is 1. The first-order chi connectivity index (χ1) is 11.5. The van der Waals surface area contributed by atoms with E-state index in [4.69, 9.17) is 0 Å². The molecule has 5 nitrogen and oxygen atoms in total. The molecule has 0 radical (unpaired) electrons. The summed E-state index contributed by atoms with van der Waals surface area (Å²) in [6, 6.07) is 14.0. The Morgan fingerprint density at radius 2 is 1.50 bits per heavy atom. The van der Waals surface area contributed by atoms with E-state index in [-0.39, 0.29) is 12.5 Å². The predicted octanol–water partition coefficient (Wildman–Crippen LogP) is 4.10. The van der Waals surface area contributed by atoms with Crippen molar-refractivity contribution >= 4 is 43.9 Å². The fourth-order valence-corrected chi connectivity index (χ4v) is 3.41. The first kappa shape index (κ1) is 17.0. The van der Waals surface area contributed by atoms with Crippen LogP contribution in [0.5, 0.6) is 0 Å². The van der Waals surface area contributed by atoms with Crippen molar-refractivity contribution < 1.29 is 14.7 Å². The predicted molar refractivity (Wildman–Crippen MR) is 96.6 cm³/mol. The fraction of sp³-hybridized carbons (Fsp3) is 0.176. The summed E-state index contributed by atoms with van der Waals surface area (Å²) in [5, 5.41) is 12.5. The molecule has 124 valence electrons. The lowest BCUT2D eigenvalue weighted by Crippen LogP contribution is -2.53. The molecule has 1 aliphatic heterocycles. The Morgan fingerprint density at radius 1 is 1.00 bits per heavy atom. The normalized spacial score (nSPS) is 20.6. The van der Waals surface area contributed by atoms with Crippen LogP contribution in [0.3, 0.4) is 0 Å². The summed E-state index contributed by atoms with van der Waals surface area (Å²) in [7, 11) is 0. The minimum absolute atomic E-state index is 0.177. The van der Waals surface area contributed by atoms with E-state index in [0.717, 1.165) is 20.1 Å². The standard InChI is InChI=1S/C17H14Br2N2O3/c18-12-5-1-10(2-6-12)15-16(11-3-7-13(19)8-4-11)21(17(23)24)9-14(22)20-15/h1-8,15-16H,9H2,(H,20,22)(H,23,24)/t15-,16+/m1/s1. The Hall–Kier alpha value is -1.86. The molecule has 7 heteroatoms. The summed E-state index contributed by atoms with van der Waals surface area (Å²) in [5.74, 6) is -0.307. The SMILES string of the molecule is O=C1CN(C(=O)O)[C@@H](c2ccc(Br)cc2)[C@@H](c2ccc(Br)cc2)N1. The van der Waals surface area contributed by atoms with Gasteiger partial charge in [0.05, 0.1) is 12.1 Å². The highest BCUT2D eigenvalue weighted by Gasteiger charge is 2.39. The number of carbonyl (C=O) groups excluding carboxylic acids is 1. The number of piperazine rings is 1. The minimum atomic E-state index is -1.11. The molecule has 0 unspecified atom stereocenters. The average molecular weight is 454 g/mol. The zero-order valence-corrected chi connectivity index (χ0v) is 15.6. The summed E-state index contributed by atoms with van der Waals surface area (Å²) < 4.78 is 1.83. The Labute approximate surface area is 155 Å². The van der Waals surface area contributed by atoms with Crippen LogP contribution in [-0.4, -0.2) is 28.6 Å². The van der Waals surface area contributed by atoms with Gasteiger partial charge < -0.3 is 10.4 Å². The second kappa shape index (κ2) is 6.94. The van der Waals surface area contributed by atoms with E-state index in [1.54, 1.807) is 0 Å². The van der Waals surface area contributed by atoms with E-state index in [1.165, 1.54) is 4.90 Å². The third-order valence-corrected chi connectivity index (χ3v) is 5.03. The number of benzene rings is 2. The van der Waals surface area contributed by atoms with Crippen molar-refractivity contribution in [3.63, 3.8) is 0 Å². The maximum atomic E-state index is 12.0. The van der Waals surface area contributed by atoms with E-state index in [2.05, 4.69) is 37.2 Å². The fourth-order valence-electron chi connectivity index (χ4n) is 2.89. The van der Waals surface area contributed by atoms with Crippen molar-refractivity contribution in [2.45, 2.75) is 12.1 Å². The van der Waals surface area contributed by atoms with Crippen LogP contribution in [0.2, 0.25) is 0 Å². The zero-order valence-electron chi connectivity index (χ0n) is 12.4. The average Bonchev–Trinajstić information content (AvgIpc) is 2.56. The van der Waals surface area contributed by atoms with Gasteiger partial charge in [-0.3, -0.25) is 9.69 Å². The molecule has 2 atom stereocenters. The summed E-state index contributed by atoms with van der Waals surface area (Å²) in [5.41, 5.74) is 1.68. The molecular weight excluding hydrogens is 440 g/mol. The number of rotatable bonds is 2. The van der Waals surface area contributed by atoms with Crippen molar-refractivity contribution in [1.29, 1.82) is 0 Å². The van der Waals surface area contributed by atoms with E-state index in [9.17, 15) is 14.7 Å². The third kappa shape index (κ3) is 3.47. The summed E-state index contributed by atoms with van der Waals surface area (Å²) in [4.78, 5) is 24.9. The Kier molecular flexibility index (Phi) is 4.91. The maximum Gasteiger partial charge on any atom is 0.408 e. The Bertz CT molecular complexity index is 760. The van der Waals surface area contributed by atoms with Gasteiger partial charge in [-0.15, -0.1) is 0 Å². The summed E-state index contributed by atoms with van der Waals surface area (Å²) >= 11 is 6.77. The van der Waals surface area contributed by atoms with Crippen LogP contribution in [0.25, 0.3) is 0 Å². The highest BCUT2D eigenvalue weighted by atomic mass is 79.9. The van der Waals surface area contributed by atoms with Crippen LogP contribution in [0.15, 0.2) is 57.5 Å². The number of carboxylic acid groups (broad SMARTS) is 1. The van der Waals surface area contributed by atoms with Crippen molar-refractivity contribution in [1.82, 2.24) is 10.2 Å². The van der Waals surface area contributed by atoms with Gasteiger partial charge in [0.15, 0.2) is 0 Å². The van der Waals surface area contributed by atoms with Gasteiger partial charge in [0.2, 0.25) is 5.91 Å². The molecular formula is C17H14Br2N2O3. The Morgan fingerprint density at radius 3 is 2.00 bits per heavy atom. The van der Waals surface area contributed by atoms with Crippen LogP contribution in [0.1, 0.15) is 23.2 Å². The van der Waals surface area contributed by atoms with Gasteiger partial charge in [-0.1, -0.05) is 56.1 Å². The van der Waals surface area contributed by atoms with Gasteiger partial charge in [0.25, 0.3) is 0 Å². The molecule has 0 aromatic heterocycles. The molecule has 0 spiro atoms. The van der Waals surface area contributed by atoms with Gasteiger partial charge >= 0.3 is 6.09 Å². The van der Waals surface area contributed by atoms with Crippen molar-refractivity contribution in [2.24, 2.45) is 0 Å². The minimum Gasteiger partial charge on any atom is -0.465 e. The summed E-state index contributed by atoms with van der Waals surface area (Å²) in [6.45, 7) is -0.177. The van der Waals surface area contributed by atoms with E-state index >= 15 is 0 Å². The number of carbonyl (C=O) groups is 2. The molecule has 1 heterocycles. The number of amides is 2. The second-order valence-corrected chi connectivity index (χ2v) is 7.33. The molecule has 0 aliphatic carbocycles. The smallest absolute Gasteiger partial charge is 0.408 e. The summed E-state index contributed by atoms with van der Waals surface area (Å²) in [6.07, 6.45) is -1.11.